The first-order valence-corrected chi connectivity index (χ1v) is 8.31. The minimum absolute atomic E-state index is 0.0101. The van der Waals surface area contributed by atoms with E-state index in [1.165, 1.54) is 0 Å². The van der Waals surface area contributed by atoms with Crippen molar-refractivity contribution < 1.29 is 14.3 Å². The summed E-state index contributed by atoms with van der Waals surface area (Å²) >= 11 is 0. The van der Waals surface area contributed by atoms with E-state index in [4.69, 9.17) is 4.74 Å². The molecule has 0 bridgehead atoms. The molecular formula is C19H21N3O3. The normalized spacial score (nSPS) is 12.9. The number of pyridine rings is 1. The van der Waals surface area contributed by atoms with Crippen molar-refractivity contribution in [3.8, 4) is 5.75 Å². The summed E-state index contributed by atoms with van der Waals surface area (Å²) in [7, 11) is 1.76. The van der Waals surface area contributed by atoms with Crippen molar-refractivity contribution in [2.75, 3.05) is 25.5 Å². The molecule has 0 saturated heterocycles. The van der Waals surface area contributed by atoms with Crippen LogP contribution >= 0.6 is 0 Å². The quantitative estimate of drug-likeness (QED) is 0.874. The Kier molecular flexibility index (Phi) is 5.28. The zero-order valence-corrected chi connectivity index (χ0v) is 14.2. The van der Waals surface area contributed by atoms with Crippen molar-refractivity contribution >= 4 is 17.5 Å². The molecule has 1 aromatic carbocycles. The summed E-state index contributed by atoms with van der Waals surface area (Å²) in [6, 6.07) is 11.2. The lowest BCUT2D eigenvalue weighted by atomic mass is 10.0. The van der Waals surface area contributed by atoms with Crippen LogP contribution < -0.4 is 10.1 Å². The van der Waals surface area contributed by atoms with E-state index in [2.05, 4.69) is 10.3 Å². The minimum atomic E-state index is -0.0815. The molecule has 0 unspecified atom stereocenters. The van der Waals surface area contributed by atoms with Gasteiger partial charge in [0.15, 0.2) is 6.61 Å². The molecule has 2 amide bonds. The van der Waals surface area contributed by atoms with Crippen molar-refractivity contribution in [2.24, 2.45) is 0 Å². The first kappa shape index (κ1) is 17.0. The summed E-state index contributed by atoms with van der Waals surface area (Å²) in [5, 5.41) is 2.83. The van der Waals surface area contributed by atoms with Crippen LogP contribution in [-0.2, 0) is 22.4 Å². The molecule has 130 valence electrons. The smallest absolute Gasteiger partial charge is 0.260 e. The second-order valence-electron chi connectivity index (χ2n) is 6.04. The summed E-state index contributed by atoms with van der Waals surface area (Å²) in [6.07, 6.45) is 3.63. The van der Waals surface area contributed by atoms with Gasteiger partial charge in [0.25, 0.3) is 5.91 Å². The number of aromatic nitrogens is 1. The van der Waals surface area contributed by atoms with Crippen molar-refractivity contribution in [1.82, 2.24) is 9.88 Å². The van der Waals surface area contributed by atoms with Crippen LogP contribution in [0.4, 0.5) is 5.69 Å². The van der Waals surface area contributed by atoms with E-state index < -0.39 is 0 Å². The topological polar surface area (TPSA) is 71.5 Å². The second-order valence-corrected chi connectivity index (χ2v) is 6.04. The van der Waals surface area contributed by atoms with E-state index in [1.54, 1.807) is 24.2 Å². The van der Waals surface area contributed by atoms with Gasteiger partial charge in [-0.2, -0.15) is 0 Å². The van der Waals surface area contributed by atoms with Crippen LogP contribution in [0.2, 0.25) is 0 Å². The molecule has 0 saturated carbocycles. The SMILES string of the molecule is CN(CCc1ccccn1)C(=O)COc1ccc2c(c1)CCC(=O)N2. The van der Waals surface area contributed by atoms with Crippen LogP contribution in [0, 0.1) is 0 Å². The molecule has 0 atom stereocenters. The average Bonchev–Trinajstić information content (AvgIpc) is 2.64. The fourth-order valence-corrected chi connectivity index (χ4v) is 2.66. The molecule has 1 N–H and O–H groups in total. The van der Waals surface area contributed by atoms with Gasteiger partial charge >= 0.3 is 0 Å². The fourth-order valence-electron chi connectivity index (χ4n) is 2.66. The summed E-state index contributed by atoms with van der Waals surface area (Å²) < 4.78 is 5.61. The Hall–Kier alpha value is -2.89. The lowest BCUT2D eigenvalue weighted by Crippen LogP contribution is -2.33. The van der Waals surface area contributed by atoms with E-state index in [1.807, 2.05) is 30.3 Å². The van der Waals surface area contributed by atoms with Gasteiger partial charge in [0.05, 0.1) is 0 Å². The number of benzene rings is 1. The number of fused-ring (bicyclic) bond motifs is 1. The van der Waals surface area contributed by atoms with Gasteiger partial charge in [0, 0.05) is 44.0 Å². The Morgan fingerprint density at radius 3 is 2.96 bits per heavy atom. The highest BCUT2D eigenvalue weighted by atomic mass is 16.5. The number of rotatable bonds is 6. The number of ether oxygens (including phenoxy) is 1. The first-order valence-electron chi connectivity index (χ1n) is 8.31. The van der Waals surface area contributed by atoms with Gasteiger partial charge in [-0.15, -0.1) is 0 Å². The van der Waals surface area contributed by atoms with E-state index >= 15 is 0 Å². The van der Waals surface area contributed by atoms with Crippen LogP contribution in [0.3, 0.4) is 0 Å². The van der Waals surface area contributed by atoms with Crippen molar-refractivity contribution in [2.45, 2.75) is 19.3 Å². The third-order valence-electron chi connectivity index (χ3n) is 4.19. The highest BCUT2D eigenvalue weighted by Gasteiger charge is 2.16. The van der Waals surface area contributed by atoms with E-state index in [0.29, 0.717) is 31.6 Å². The zero-order valence-electron chi connectivity index (χ0n) is 14.2. The van der Waals surface area contributed by atoms with E-state index in [9.17, 15) is 9.59 Å². The lowest BCUT2D eigenvalue weighted by Gasteiger charge is -2.19. The lowest BCUT2D eigenvalue weighted by molar-refractivity contribution is -0.132. The van der Waals surface area contributed by atoms with Gasteiger partial charge in [-0.05, 0) is 42.3 Å². The maximum atomic E-state index is 12.2. The highest BCUT2D eigenvalue weighted by Crippen LogP contribution is 2.26. The van der Waals surface area contributed by atoms with Crippen LogP contribution in [0.5, 0.6) is 5.75 Å². The third-order valence-corrected chi connectivity index (χ3v) is 4.19. The monoisotopic (exact) mass is 339 g/mol. The van der Waals surface area contributed by atoms with Crippen LogP contribution in [0.25, 0.3) is 0 Å². The molecule has 6 heteroatoms. The average molecular weight is 339 g/mol. The predicted molar refractivity (Wildman–Crippen MR) is 94.5 cm³/mol. The van der Waals surface area contributed by atoms with Gasteiger partial charge in [0.2, 0.25) is 5.91 Å². The Bertz CT molecular complexity index is 762. The molecule has 0 radical (unpaired) electrons. The second kappa shape index (κ2) is 7.79. The van der Waals surface area contributed by atoms with Gasteiger partial charge in [0.1, 0.15) is 5.75 Å². The van der Waals surface area contributed by atoms with Crippen LogP contribution in [0.1, 0.15) is 17.7 Å². The fraction of sp³-hybridized carbons (Fsp3) is 0.316. The number of carbonyl (C=O) groups is 2. The molecule has 0 aliphatic carbocycles. The van der Waals surface area contributed by atoms with Crippen LogP contribution in [-0.4, -0.2) is 41.9 Å². The summed E-state index contributed by atoms with van der Waals surface area (Å²) in [5.41, 5.74) is 2.82. The predicted octanol–water partition coefficient (Wildman–Crippen LogP) is 2.05. The van der Waals surface area contributed by atoms with E-state index in [0.717, 1.165) is 16.9 Å². The molecule has 0 fully saturated rings. The maximum absolute atomic E-state index is 12.2. The van der Waals surface area contributed by atoms with Gasteiger partial charge in [-0.1, -0.05) is 6.07 Å². The molecule has 25 heavy (non-hydrogen) atoms. The number of anilines is 1. The van der Waals surface area contributed by atoms with Gasteiger partial charge < -0.3 is 15.0 Å². The maximum Gasteiger partial charge on any atom is 0.260 e. The number of likely N-dealkylation sites (N-methyl/N-ethyl adjacent to an activating group) is 1. The number of aryl methyl sites for hydroxylation is 1. The Labute approximate surface area is 146 Å². The number of hydrogen-bond donors (Lipinski definition) is 1. The Morgan fingerprint density at radius 1 is 1.28 bits per heavy atom. The van der Waals surface area contributed by atoms with Crippen molar-refractivity contribution in [3.63, 3.8) is 0 Å². The summed E-state index contributed by atoms with van der Waals surface area (Å²) in [6.45, 7) is 0.583. The Balaban J connectivity index is 1.49. The molecule has 2 aromatic rings. The first-order chi connectivity index (χ1) is 12.1. The molecule has 6 nitrogen and oxygen atoms in total. The highest BCUT2D eigenvalue weighted by molar-refractivity contribution is 5.94. The molecule has 1 aromatic heterocycles. The molecule has 1 aliphatic heterocycles. The number of nitrogens with zero attached hydrogens (tertiary/aromatic N) is 2. The number of amides is 2. The summed E-state index contributed by atoms with van der Waals surface area (Å²) in [5.74, 6) is 0.592. The van der Waals surface area contributed by atoms with Gasteiger partial charge in [-0.25, -0.2) is 0 Å². The third kappa shape index (κ3) is 4.56. The molecular weight excluding hydrogens is 318 g/mol. The minimum Gasteiger partial charge on any atom is -0.484 e. The Morgan fingerprint density at radius 2 is 2.16 bits per heavy atom. The summed E-state index contributed by atoms with van der Waals surface area (Å²) in [4.78, 5) is 29.5. The molecule has 3 rings (SSSR count). The van der Waals surface area contributed by atoms with Crippen molar-refractivity contribution in [1.29, 1.82) is 0 Å². The van der Waals surface area contributed by atoms with Crippen molar-refractivity contribution in [3.05, 3.63) is 53.9 Å². The molecule has 2 heterocycles. The van der Waals surface area contributed by atoms with E-state index in [-0.39, 0.29) is 18.4 Å². The number of carbonyl (C=O) groups excluding carboxylic acids is 2. The largest absolute Gasteiger partial charge is 0.484 e. The van der Waals surface area contributed by atoms with Crippen LogP contribution in [0.15, 0.2) is 42.6 Å². The molecule has 1 aliphatic rings. The number of hydrogen-bond acceptors (Lipinski definition) is 4. The standard InChI is InChI=1S/C19H21N3O3/c1-22(11-9-15-4-2-3-10-20-15)19(24)13-25-16-6-7-17-14(12-16)5-8-18(23)21-17/h2-4,6-7,10,12H,5,8-9,11,13H2,1H3,(H,21,23). The molecule has 0 spiro atoms. The number of nitrogens with one attached hydrogen (secondary N) is 1. The zero-order chi connectivity index (χ0) is 17.6. The van der Waals surface area contributed by atoms with Gasteiger partial charge in [-0.3, -0.25) is 14.6 Å².